The summed E-state index contributed by atoms with van der Waals surface area (Å²) < 4.78 is 41.7. The molecule has 0 aromatic heterocycles. The van der Waals surface area contributed by atoms with E-state index in [9.17, 15) is 18.0 Å². The van der Waals surface area contributed by atoms with Crippen LogP contribution in [-0.4, -0.2) is 36.3 Å². The zero-order valence-electron chi connectivity index (χ0n) is 22.3. The Morgan fingerprint density at radius 3 is 2.76 bits per heavy atom. The van der Waals surface area contributed by atoms with E-state index in [-0.39, 0.29) is 24.1 Å². The molecule has 1 aromatic carbocycles. The molecule has 1 aromatic rings. The summed E-state index contributed by atoms with van der Waals surface area (Å²) in [5.41, 5.74) is 1.55. The molecule has 37 heavy (non-hydrogen) atoms. The van der Waals surface area contributed by atoms with Gasteiger partial charge >= 0.3 is 6.36 Å². The molecule has 204 valence electrons. The third-order valence-electron chi connectivity index (χ3n) is 7.71. The minimum atomic E-state index is -4.74. The number of alkyl halides is 3. The molecule has 0 spiro atoms. The third kappa shape index (κ3) is 8.49. The average Bonchev–Trinajstić information content (AvgIpc) is 3.14. The first-order valence-corrected chi connectivity index (χ1v) is 13.5. The molecule has 0 saturated heterocycles. The molecule has 0 radical (unpaired) electrons. The van der Waals surface area contributed by atoms with Gasteiger partial charge in [0, 0.05) is 12.6 Å². The van der Waals surface area contributed by atoms with Crippen LogP contribution in [-0.2, 0) is 11.3 Å². The molecule has 2 aliphatic carbocycles. The molecular weight excluding hydrogens is 477 g/mol. The summed E-state index contributed by atoms with van der Waals surface area (Å²) in [6.07, 6.45) is 12.8. The van der Waals surface area contributed by atoms with E-state index in [4.69, 9.17) is 0 Å². The summed E-state index contributed by atoms with van der Waals surface area (Å²) in [7, 11) is 0. The average molecular weight is 519 g/mol. The first-order valence-electron chi connectivity index (χ1n) is 13.5. The molecule has 0 aliphatic heterocycles. The Kier molecular flexibility index (Phi) is 10.4. The summed E-state index contributed by atoms with van der Waals surface area (Å²) in [6.45, 7) is 8.61. The minimum Gasteiger partial charge on any atom is -0.406 e. The number of halogens is 3. The van der Waals surface area contributed by atoms with Crippen molar-refractivity contribution in [3.8, 4) is 5.75 Å². The number of benzene rings is 1. The van der Waals surface area contributed by atoms with Crippen LogP contribution in [0.15, 0.2) is 60.2 Å². The highest BCUT2D eigenvalue weighted by Gasteiger charge is 2.48. The monoisotopic (exact) mass is 518 g/mol. The maximum atomic E-state index is 13.5. The van der Waals surface area contributed by atoms with Gasteiger partial charge in [-0.1, -0.05) is 68.9 Å². The lowest BCUT2D eigenvalue weighted by Gasteiger charge is -2.35. The van der Waals surface area contributed by atoms with Gasteiger partial charge in [-0.25, -0.2) is 0 Å². The highest BCUT2D eigenvalue weighted by molar-refractivity contribution is 5.83. The van der Waals surface area contributed by atoms with Crippen molar-refractivity contribution in [3.63, 3.8) is 0 Å². The standard InChI is InChI=1S/C30H41F3N2O2/c1-4-18-35(19-10-14-24-11-7-5-6-8-12-24)26-16-17-29(21-26,23(2)3)28(36)34-22-25-13-9-15-27(20-25)37-30(31,32)33/h5-9,11,13,15,20,23,26H,4,10,12,14,16-19,21-22H2,1-3H3,(H,34,36). The zero-order chi connectivity index (χ0) is 26.9. The summed E-state index contributed by atoms with van der Waals surface area (Å²) >= 11 is 0. The molecular formula is C30H41F3N2O2. The van der Waals surface area contributed by atoms with Gasteiger partial charge in [0.25, 0.3) is 0 Å². The molecule has 2 atom stereocenters. The van der Waals surface area contributed by atoms with E-state index in [0.29, 0.717) is 11.6 Å². The van der Waals surface area contributed by atoms with Crippen LogP contribution < -0.4 is 10.1 Å². The Morgan fingerprint density at radius 2 is 2.03 bits per heavy atom. The normalized spacial score (nSPS) is 21.8. The number of carbonyl (C=O) groups is 1. The van der Waals surface area contributed by atoms with E-state index < -0.39 is 11.8 Å². The SMILES string of the molecule is CCCN(CCCC1=CC=CC=CC1)C1CCC(C(=O)NCc2cccc(OC(F)(F)F)c2)(C(C)C)C1. The highest BCUT2D eigenvalue weighted by Crippen LogP contribution is 2.46. The maximum absolute atomic E-state index is 13.5. The van der Waals surface area contributed by atoms with E-state index in [1.54, 1.807) is 6.07 Å². The van der Waals surface area contributed by atoms with E-state index >= 15 is 0 Å². The van der Waals surface area contributed by atoms with E-state index in [1.807, 2.05) is 0 Å². The van der Waals surface area contributed by atoms with Gasteiger partial charge < -0.3 is 15.0 Å². The molecule has 1 N–H and O–H groups in total. The number of hydrogen-bond acceptors (Lipinski definition) is 3. The second-order valence-electron chi connectivity index (χ2n) is 10.6. The van der Waals surface area contributed by atoms with Gasteiger partial charge in [0.05, 0.1) is 5.41 Å². The van der Waals surface area contributed by atoms with Crippen molar-refractivity contribution in [1.29, 1.82) is 0 Å². The fraction of sp³-hybridized carbons (Fsp3) is 0.567. The van der Waals surface area contributed by atoms with Crippen LogP contribution in [0.25, 0.3) is 0 Å². The Labute approximate surface area is 219 Å². The van der Waals surface area contributed by atoms with Crippen LogP contribution in [0.5, 0.6) is 5.75 Å². The number of hydrogen-bond donors (Lipinski definition) is 1. The lowest BCUT2D eigenvalue weighted by atomic mass is 9.74. The predicted molar refractivity (Wildman–Crippen MR) is 142 cm³/mol. The molecule has 1 saturated carbocycles. The van der Waals surface area contributed by atoms with Crippen LogP contribution in [0.4, 0.5) is 13.2 Å². The molecule has 0 heterocycles. The van der Waals surface area contributed by atoms with Gasteiger partial charge in [-0.15, -0.1) is 13.2 Å². The Balaban J connectivity index is 1.60. The van der Waals surface area contributed by atoms with Crippen molar-refractivity contribution in [3.05, 3.63) is 65.8 Å². The van der Waals surface area contributed by atoms with Gasteiger partial charge in [-0.05, 0) is 81.6 Å². The first-order chi connectivity index (χ1) is 17.6. The van der Waals surface area contributed by atoms with Crippen molar-refractivity contribution >= 4 is 5.91 Å². The maximum Gasteiger partial charge on any atom is 0.573 e. The van der Waals surface area contributed by atoms with Crippen LogP contribution >= 0.6 is 0 Å². The van der Waals surface area contributed by atoms with Crippen molar-refractivity contribution < 1.29 is 22.7 Å². The second-order valence-corrected chi connectivity index (χ2v) is 10.6. The van der Waals surface area contributed by atoms with Crippen LogP contribution in [0.3, 0.4) is 0 Å². The fourth-order valence-electron chi connectivity index (χ4n) is 5.64. The zero-order valence-corrected chi connectivity index (χ0v) is 22.3. The quantitative estimate of drug-likeness (QED) is 0.315. The molecule has 2 aliphatic rings. The molecule has 3 rings (SSSR count). The van der Waals surface area contributed by atoms with Gasteiger partial charge in [-0.3, -0.25) is 4.79 Å². The first kappa shape index (κ1) is 29.0. The molecule has 7 heteroatoms. The third-order valence-corrected chi connectivity index (χ3v) is 7.71. The number of rotatable bonds is 12. The number of carbonyl (C=O) groups excluding carboxylic acids is 1. The fourth-order valence-corrected chi connectivity index (χ4v) is 5.64. The molecule has 0 bridgehead atoms. The number of ether oxygens (including phenoxy) is 1. The minimum absolute atomic E-state index is 0.00854. The number of amides is 1. The largest absolute Gasteiger partial charge is 0.573 e. The Hall–Kier alpha value is -2.54. The summed E-state index contributed by atoms with van der Waals surface area (Å²) in [6, 6.07) is 6.15. The van der Waals surface area contributed by atoms with Crippen LogP contribution in [0.2, 0.25) is 0 Å². The van der Waals surface area contributed by atoms with Gasteiger partial charge in [-0.2, -0.15) is 0 Å². The summed E-state index contributed by atoms with van der Waals surface area (Å²) in [4.78, 5) is 16.1. The van der Waals surface area contributed by atoms with E-state index in [1.165, 1.54) is 23.8 Å². The Bertz CT molecular complexity index is 983. The lowest BCUT2D eigenvalue weighted by molar-refractivity contribution is -0.274. The van der Waals surface area contributed by atoms with Gasteiger partial charge in [0.1, 0.15) is 5.75 Å². The topological polar surface area (TPSA) is 41.6 Å². The van der Waals surface area contributed by atoms with Crippen molar-refractivity contribution in [2.75, 3.05) is 13.1 Å². The van der Waals surface area contributed by atoms with Crippen LogP contribution in [0.1, 0.15) is 71.3 Å². The van der Waals surface area contributed by atoms with Crippen molar-refractivity contribution in [1.82, 2.24) is 10.2 Å². The van der Waals surface area contributed by atoms with Gasteiger partial charge in [0.15, 0.2) is 0 Å². The van der Waals surface area contributed by atoms with E-state index in [2.05, 4.69) is 66.1 Å². The van der Waals surface area contributed by atoms with Crippen molar-refractivity contribution in [2.24, 2.45) is 11.3 Å². The van der Waals surface area contributed by atoms with Crippen LogP contribution in [0, 0.1) is 11.3 Å². The number of allylic oxidation sites excluding steroid dienone is 6. The molecule has 4 nitrogen and oxygen atoms in total. The Morgan fingerprint density at radius 1 is 1.22 bits per heavy atom. The lowest BCUT2D eigenvalue weighted by Crippen LogP contribution is -2.44. The van der Waals surface area contributed by atoms with E-state index in [0.717, 1.165) is 58.0 Å². The summed E-state index contributed by atoms with van der Waals surface area (Å²) in [5.74, 6) is -0.123. The second kappa shape index (κ2) is 13.3. The highest BCUT2D eigenvalue weighted by atomic mass is 19.4. The molecule has 2 unspecified atom stereocenters. The van der Waals surface area contributed by atoms with Crippen molar-refractivity contribution in [2.45, 2.75) is 84.7 Å². The van der Waals surface area contributed by atoms with Gasteiger partial charge in [0.2, 0.25) is 5.91 Å². The molecule has 1 amide bonds. The smallest absolute Gasteiger partial charge is 0.406 e. The predicted octanol–water partition coefficient (Wildman–Crippen LogP) is 7.33. The number of nitrogens with zero attached hydrogens (tertiary/aromatic N) is 1. The molecule has 1 fully saturated rings. The number of nitrogens with one attached hydrogen (secondary N) is 1. The summed E-state index contributed by atoms with van der Waals surface area (Å²) in [5, 5.41) is 3.02.